The molecule has 0 radical (unpaired) electrons. The summed E-state index contributed by atoms with van der Waals surface area (Å²) in [7, 11) is 1.65. The summed E-state index contributed by atoms with van der Waals surface area (Å²) in [5.74, 6) is 1.93. The number of amides is 2. The van der Waals surface area contributed by atoms with Crippen LogP contribution in [0.2, 0.25) is 0 Å². The molecule has 2 atom stereocenters. The van der Waals surface area contributed by atoms with Gasteiger partial charge in [0, 0.05) is 22.9 Å². The minimum absolute atomic E-state index is 0.0113. The van der Waals surface area contributed by atoms with Gasteiger partial charge in [0.25, 0.3) is 0 Å². The largest absolute Gasteiger partial charge is 0.497 e. The first-order valence-corrected chi connectivity index (χ1v) is 11.8. The van der Waals surface area contributed by atoms with Crippen molar-refractivity contribution in [1.82, 2.24) is 10.3 Å². The van der Waals surface area contributed by atoms with Crippen molar-refractivity contribution >= 4 is 28.3 Å². The molecule has 2 unspecified atom stereocenters. The summed E-state index contributed by atoms with van der Waals surface area (Å²) in [6, 6.07) is 7.82. The second kappa shape index (κ2) is 7.33. The first-order valence-electron chi connectivity index (χ1n) is 11.0. The van der Waals surface area contributed by atoms with Crippen LogP contribution in [0.1, 0.15) is 50.3 Å². The lowest BCUT2D eigenvalue weighted by atomic mass is 9.46. The number of aromatic nitrogens is 1. The molecule has 31 heavy (non-hydrogen) atoms. The Kier molecular flexibility index (Phi) is 4.84. The second-order valence-electron chi connectivity index (χ2n) is 9.81. The number of carbonyl (C=O) groups is 2. The van der Waals surface area contributed by atoms with E-state index in [1.165, 1.54) is 17.8 Å². The lowest BCUT2D eigenvalue weighted by molar-refractivity contribution is -0.148. The van der Waals surface area contributed by atoms with Crippen LogP contribution in [0.5, 0.6) is 5.75 Å². The molecule has 2 N–H and O–H groups in total. The van der Waals surface area contributed by atoms with E-state index in [1.54, 1.807) is 14.0 Å². The molecule has 1 heterocycles. The van der Waals surface area contributed by atoms with Gasteiger partial charge in [0.1, 0.15) is 5.75 Å². The molecular weight excluding hydrogens is 410 g/mol. The van der Waals surface area contributed by atoms with E-state index in [1.807, 2.05) is 31.2 Å². The van der Waals surface area contributed by atoms with Crippen molar-refractivity contribution in [3.05, 3.63) is 29.1 Å². The molecule has 0 spiro atoms. The Bertz CT molecular complexity index is 1020. The minimum atomic E-state index is -0.396. The average Bonchev–Trinajstić information content (AvgIpc) is 3.06. The standard InChI is InChI=1S/C24H29N3O3S/c1-14-20(18-4-6-19(30-3)7-5-18)25-22(31-14)26-21(29)23-9-16-8-17(10-23)12-24(11-16,13-23)27-15(2)28/h4-7,16-17H,8-13H2,1-3H3,(H,27,28)(H,25,26,29). The van der Waals surface area contributed by atoms with Crippen molar-refractivity contribution in [2.75, 3.05) is 12.4 Å². The lowest BCUT2D eigenvalue weighted by Crippen LogP contribution is -2.65. The highest BCUT2D eigenvalue weighted by atomic mass is 32.1. The summed E-state index contributed by atoms with van der Waals surface area (Å²) in [5, 5.41) is 7.04. The van der Waals surface area contributed by atoms with E-state index in [-0.39, 0.29) is 17.4 Å². The minimum Gasteiger partial charge on any atom is -0.497 e. The Morgan fingerprint density at radius 1 is 1.13 bits per heavy atom. The predicted molar refractivity (Wildman–Crippen MR) is 121 cm³/mol. The van der Waals surface area contributed by atoms with Gasteiger partial charge in [0.15, 0.2) is 5.13 Å². The Balaban J connectivity index is 1.37. The number of aryl methyl sites for hydroxylation is 1. The van der Waals surface area contributed by atoms with Gasteiger partial charge < -0.3 is 15.4 Å². The number of benzene rings is 1. The fourth-order valence-corrected chi connectivity index (χ4v) is 7.58. The monoisotopic (exact) mass is 439 g/mol. The molecule has 7 heteroatoms. The number of carbonyl (C=O) groups excluding carboxylic acids is 2. The average molecular weight is 440 g/mol. The van der Waals surface area contributed by atoms with Gasteiger partial charge in [0.05, 0.1) is 18.2 Å². The highest BCUT2D eigenvalue weighted by Gasteiger charge is 2.61. The Morgan fingerprint density at radius 2 is 1.81 bits per heavy atom. The Labute approximate surface area is 186 Å². The molecule has 4 aliphatic rings. The van der Waals surface area contributed by atoms with Crippen LogP contribution >= 0.6 is 11.3 Å². The molecule has 4 aliphatic carbocycles. The van der Waals surface area contributed by atoms with Crippen LogP contribution in [0.3, 0.4) is 0 Å². The summed E-state index contributed by atoms with van der Waals surface area (Å²) in [6.45, 7) is 3.62. The van der Waals surface area contributed by atoms with Crippen molar-refractivity contribution in [3.63, 3.8) is 0 Å². The summed E-state index contributed by atoms with van der Waals surface area (Å²) in [5.41, 5.74) is 1.30. The maximum absolute atomic E-state index is 13.6. The van der Waals surface area contributed by atoms with Crippen molar-refractivity contribution < 1.29 is 14.3 Å². The number of hydrogen-bond donors (Lipinski definition) is 2. The van der Waals surface area contributed by atoms with Crippen LogP contribution in [0, 0.1) is 24.2 Å². The van der Waals surface area contributed by atoms with Crippen molar-refractivity contribution in [3.8, 4) is 17.0 Å². The van der Waals surface area contributed by atoms with Crippen molar-refractivity contribution in [2.24, 2.45) is 17.3 Å². The van der Waals surface area contributed by atoms with E-state index in [4.69, 9.17) is 9.72 Å². The van der Waals surface area contributed by atoms with Gasteiger partial charge in [-0.15, -0.1) is 11.3 Å². The van der Waals surface area contributed by atoms with Crippen LogP contribution in [0.4, 0.5) is 5.13 Å². The highest BCUT2D eigenvalue weighted by Crippen LogP contribution is 2.62. The van der Waals surface area contributed by atoms with E-state index < -0.39 is 5.41 Å². The highest BCUT2D eigenvalue weighted by molar-refractivity contribution is 7.16. The lowest BCUT2D eigenvalue weighted by Gasteiger charge is -2.61. The molecule has 1 aromatic heterocycles. The summed E-state index contributed by atoms with van der Waals surface area (Å²) >= 11 is 1.52. The number of nitrogens with one attached hydrogen (secondary N) is 2. The van der Waals surface area contributed by atoms with Gasteiger partial charge in [-0.1, -0.05) is 0 Å². The van der Waals surface area contributed by atoms with Crippen molar-refractivity contribution in [2.45, 2.75) is 57.9 Å². The van der Waals surface area contributed by atoms with Gasteiger partial charge in [-0.05, 0) is 81.5 Å². The van der Waals surface area contributed by atoms with Crippen LogP contribution in [-0.2, 0) is 9.59 Å². The molecule has 0 saturated heterocycles. The molecule has 4 fully saturated rings. The Hall–Kier alpha value is -2.41. The third kappa shape index (κ3) is 3.63. The summed E-state index contributed by atoms with van der Waals surface area (Å²) < 4.78 is 5.24. The number of hydrogen-bond acceptors (Lipinski definition) is 5. The van der Waals surface area contributed by atoms with Crippen LogP contribution in [0.15, 0.2) is 24.3 Å². The molecule has 1 aromatic carbocycles. The quantitative estimate of drug-likeness (QED) is 0.717. The number of methoxy groups -OCH3 is 1. The number of ether oxygens (including phenoxy) is 1. The number of rotatable bonds is 5. The van der Waals surface area contributed by atoms with Gasteiger partial charge in [0.2, 0.25) is 11.8 Å². The van der Waals surface area contributed by atoms with Crippen LogP contribution < -0.4 is 15.4 Å². The summed E-state index contributed by atoms with van der Waals surface area (Å²) in [4.78, 5) is 31.3. The maximum atomic E-state index is 13.6. The first-order chi connectivity index (χ1) is 14.8. The first kappa shape index (κ1) is 20.5. The molecule has 4 saturated carbocycles. The molecule has 4 bridgehead atoms. The van der Waals surface area contributed by atoms with Gasteiger partial charge in [-0.3, -0.25) is 9.59 Å². The fraction of sp³-hybridized carbons (Fsp3) is 0.542. The van der Waals surface area contributed by atoms with E-state index >= 15 is 0 Å². The normalized spacial score (nSPS) is 30.8. The van der Waals surface area contributed by atoms with Gasteiger partial charge in [-0.2, -0.15) is 0 Å². The zero-order valence-corrected chi connectivity index (χ0v) is 19.1. The topological polar surface area (TPSA) is 80.3 Å². The van der Waals surface area contributed by atoms with Gasteiger partial charge in [-0.25, -0.2) is 4.98 Å². The molecular formula is C24H29N3O3S. The number of anilines is 1. The van der Waals surface area contributed by atoms with E-state index in [9.17, 15) is 9.59 Å². The van der Waals surface area contributed by atoms with Crippen molar-refractivity contribution in [1.29, 1.82) is 0 Å². The third-order valence-corrected chi connectivity index (χ3v) is 8.25. The molecule has 0 aliphatic heterocycles. The smallest absolute Gasteiger partial charge is 0.232 e. The zero-order chi connectivity index (χ0) is 21.8. The predicted octanol–water partition coefficient (Wildman–Crippen LogP) is 4.54. The summed E-state index contributed by atoms with van der Waals surface area (Å²) in [6.07, 6.45) is 5.80. The van der Waals surface area contributed by atoms with Crippen LogP contribution in [0.25, 0.3) is 11.3 Å². The Morgan fingerprint density at radius 3 is 2.42 bits per heavy atom. The van der Waals surface area contributed by atoms with E-state index in [0.717, 1.165) is 54.0 Å². The second-order valence-corrected chi connectivity index (χ2v) is 11.0. The molecule has 2 amide bonds. The SMILES string of the molecule is COc1ccc(-c2nc(NC(=O)C34CC5CC(CC(NC(C)=O)(C5)C3)C4)sc2C)cc1. The molecule has 6 rings (SSSR count). The zero-order valence-electron chi connectivity index (χ0n) is 18.3. The maximum Gasteiger partial charge on any atom is 0.232 e. The fourth-order valence-electron chi connectivity index (χ4n) is 6.74. The molecule has 2 aromatic rings. The van der Waals surface area contributed by atoms with E-state index in [2.05, 4.69) is 10.6 Å². The number of thiazole rings is 1. The van der Waals surface area contributed by atoms with E-state index in [0.29, 0.717) is 17.0 Å². The van der Waals surface area contributed by atoms with Crippen LogP contribution in [-0.4, -0.2) is 29.4 Å². The molecule has 6 nitrogen and oxygen atoms in total. The van der Waals surface area contributed by atoms with Gasteiger partial charge >= 0.3 is 0 Å². The molecule has 164 valence electrons. The number of nitrogens with zero attached hydrogens (tertiary/aromatic N) is 1. The third-order valence-electron chi connectivity index (χ3n) is 7.36.